The zero-order valence-corrected chi connectivity index (χ0v) is 11.2. The zero-order chi connectivity index (χ0) is 12.7. The van der Waals surface area contributed by atoms with Crippen molar-refractivity contribution < 1.29 is 4.79 Å². The van der Waals surface area contributed by atoms with E-state index in [4.69, 9.17) is 5.73 Å². The Morgan fingerprint density at radius 2 is 2.18 bits per heavy atom. The molecule has 1 unspecified atom stereocenters. The number of hydrogen-bond donors (Lipinski definition) is 2. The lowest BCUT2D eigenvalue weighted by Crippen LogP contribution is -2.19. The molecule has 1 aromatic carbocycles. The van der Waals surface area contributed by atoms with Gasteiger partial charge in [0.1, 0.15) is 0 Å². The van der Waals surface area contributed by atoms with Crippen molar-refractivity contribution in [3.05, 3.63) is 24.3 Å². The Kier molecular flexibility index (Phi) is 6.08. The Bertz CT molecular complexity index is 366. The second-order valence-electron chi connectivity index (χ2n) is 3.99. The van der Waals surface area contributed by atoms with E-state index in [-0.39, 0.29) is 11.9 Å². The lowest BCUT2D eigenvalue weighted by molar-refractivity contribution is -0.116. The van der Waals surface area contributed by atoms with Crippen LogP contribution in [0.25, 0.3) is 0 Å². The number of benzene rings is 1. The third-order valence-corrected chi connectivity index (χ3v) is 3.24. The van der Waals surface area contributed by atoms with E-state index >= 15 is 0 Å². The van der Waals surface area contributed by atoms with E-state index in [1.165, 1.54) is 0 Å². The van der Waals surface area contributed by atoms with E-state index in [1.54, 1.807) is 11.8 Å². The highest BCUT2D eigenvalue weighted by Gasteiger charge is 2.07. The van der Waals surface area contributed by atoms with E-state index in [0.717, 1.165) is 22.8 Å². The highest BCUT2D eigenvalue weighted by molar-refractivity contribution is 7.99. The van der Waals surface area contributed by atoms with Crippen LogP contribution in [-0.4, -0.2) is 17.7 Å². The van der Waals surface area contributed by atoms with Gasteiger partial charge in [-0.2, -0.15) is 0 Å². The quantitative estimate of drug-likeness (QED) is 0.765. The van der Waals surface area contributed by atoms with Crippen LogP contribution in [0.2, 0.25) is 0 Å². The van der Waals surface area contributed by atoms with Crippen molar-refractivity contribution in [2.45, 2.75) is 37.6 Å². The molecule has 1 amide bonds. The molecule has 94 valence electrons. The van der Waals surface area contributed by atoms with Crippen molar-refractivity contribution in [2.24, 2.45) is 5.73 Å². The highest BCUT2D eigenvalue weighted by atomic mass is 32.2. The minimum absolute atomic E-state index is 0.0338. The van der Waals surface area contributed by atoms with Gasteiger partial charge in [0.2, 0.25) is 5.91 Å². The summed E-state index contributed by atoms with van der Waals surface area (Å²) in [6.45, 7) is 4.01. The van der Waals surface area contributed by atoms with E-state index in [2.05, 4.69) is 12.2 Å². The number of nitrogens with two attached hydrogens (primary N) is 1. The molecule has 0 saturated heterocycles. The van der Waals surface area contributed by atoms with Crippen molar-refractivity contribution >= 4 is 23.4 Å². The Morgan fingerprint density at radius 1 is 1.47 bits per heavy atom. The summed E-state index contributed by atoms with van der Waals surface area (Å²) in [6, 6.07) is 7.94. The van der Waals surface area contributed by atoms with Crippen LogP contribution >= 0.6 is 11.8 Å². The molecule has 1 aromatic rings. The van der Waals surface area contributed by atoms with E-state index < -0.39 is 0 Å². The van der Waals surface area contributed by atoms with Gasteiger partial charge in [-0.25, -0.2) is 0 Å². The summed E-state index contributed by atoms with van der Waals surface area (Å²) in [5.74, 6) is 1.03. The molecule has 0 spiro atoms. The van der Waals surface area contributed by atoms with Crippen LogP contribution in [0.15, 0.2) is 29.2 Å². The molecule has 0 aromatic heterocycles. The standard InChI is InChI=1S/C13H20N2OS/c1-3-17-12-7-5-4-6-11(12)15-13(16)9-8-10(2)14/h4-7,10H,3,8-9,14H2,1-2H3,(H,15,16). The van der Waals surface area contributed by atoms with Crippen LogP contribution in [0.4, 0.5) is 5.69 Å². The summed E-state index contributed by atoms with van der Waals surface area (Å²) in [5, 5.41) is 2.94. The van der Waals surface area contributed by atoms with Crippen molar-refractivity contribution in [3.63, 3.8) is 0 Å². The Labute approximate surface area is 107 Å². The monoisotopic (exact) mass is 252 g/mol. The van der Waals surface area contributed by atoms with E-state index in [0.29, 0.717) is 6.42 Å². The molecule has 3 N–H and O–H groups in total. The van der Waals surface area contributed by atoms with Gasteiger partial charge in [0.25, 0.3) is 0 Å². The number of para-hydroxylation sites is 1. The number of carbonyl (C=O) groups is 1. The number of anilines is 1. The Balaban J connectivity index is 2.58. The first-order valence-electron chi connectivity index (χ1n) is 5.90. The van der Waals surface area contributed by atoms with Crippen LogP contribution in [0.3, 0.4) is 0 Å². The molecule has 0 fully saturated rings. The second-order valence-corrected chi connectivity index (χ2v) is 5.30. The van der Waals surface area contributed by atoms with Crippen LogP contribution < -0.4 is 11.1 Å². The molecule has 1 atom stereocenters. The van der Waals surface area contributed by atoms with Crippen molar-refractivity contribution in [3.8, 4) is 0 Å². The molecule has 17 heavy (non-hydrogen) atoms. The molecule has 0 radical (unpaired) electrons. The normalized spacial score (nSPS) is 12.2. The summed E-state index contributed by atoms with van der Waals surface area (Å²) in [4.78, 5) is 12.8. The van der Waals surface area contributed by atoms with Gasteiger partial charge in [0, 0.05) is 17.4 Å². The lowest BCUT2D eigenvalue weighted by atomic mass is 10.2. The van der Waals surface area contributed by atoms with Crippen molar-refractivity contribution in [1.82, 2.24) is 0 Å². The van der Waals surface area contributed by atoms with Gasteiger partial charge < -0.3 is 11.1 Å². The third kappa shape index (κ3) is 5.24. The summed E-state index contributed by atoms with van der Waals surface area (Å²) in [5.41, 5.74) is 6.52. The molecule has 0 heterocycles. The SMILES string of the molecule is CCSc1ccccc1NC(=O)CCC(C)N. The fraction of sp³-hybridized carbons (Fsp3) is 0.462. The summed E-state index contributed by atoms with van der Waals surface area (Å²) in [6.07, 6.45) is 1.19. The zero-order valence-electron chi connectivity index (χ0n) is 10.4. The molecule has 1 rings (SSSR count). The van der Waals surface area contributed by atoms with Crippen LogP contribution in [0.1, 0.15) is 26.7 Å². The van der Waals surface area contributed by atoms with Gasteiger partial charge in [0.15, 0.2) is 0 Å². The van der Waals surface area contributed by atoms with E-state index in [1.807, 2.05) is 31.2 Å². The molecule has 0 aliphatic heterocycles. The maximum atomic E-state index is 11.7. The van der Waals surface area contributed by atoms with Gasteiger partial charge in [-0.3, -0.25) is 4.79 Å². The van der Waals surface area contributed by atoms with Gasteiger partial charge in [-0.15, -0.1) is 11.8 Å². The van der Waals surface area contributed by atoms with Crippen LogP contribution in [0, 0.1) is 0 Å². The molecule has 0 aliphatic rings. The predicted molar refractivity (Wildman–Crippen MR) is 74.4 cm³/mol. The molecular formula is C13H20N2OS. The first kappa shape index (κ1) is 14.1. The average molecular weight is 252 g/mol. The first-order chi connectivity index (χ1) is 8.13. The summed E-state index contributed by atoms with van der Waals surface area (Å²) < 4.78 is 0. The molecule has 3 nitrogen and oxygen atoms in total. The van der Waals surface area contributed by atoms with Gasteiger partial charge in [-0.1, -0.05) is 19.1 Å². The number of amides is 1. The Morgan fingerprint density at radius 3 is 2.82 bits per heavy atom. The maximum Gasteiger partial charge on any atom is 0.224 e. The average Bonchev–Trinajstić information content (AvgIpc) is 2.29. The summed E-state index contributed by atoms with van der Waals surface area (Å²) in [7, 11) is 0. The fourth-order valence-corrected chi connectivity index (χ4v) is 2.18. The second kappa shape index (κ2) is 7.35. The minimum Gasteiger partial charge on any atom is -0.328 e. The molecule has 0 saturated carbocycles. The van der Waals surface area contributed by atoms with Crippen LogP contribution in [0.5, 0.6) is 0 Å². The predicted octanol–water partition coefficient (Wildman–Crippen LogP) is 2.86. The first-order valence-corrected chi connectivity index (χ1v) is 6.89. The largest absolute Gasteiger partial charge is 0.328 e. The topological polar surface area (TPSA) is 55.1 Å². The molecule has 0 aliphatic carbocycles. The van der Waals surface area contributed by atoms with E-state index in [9.17, 15) is 4.79 Å². The smallest absolute Gasteiger partial charge is 0.224 e. The molecular weight excluding hydrogens is 232 g/mol. The fourth-order valence-electron chi connectivity index (χ4n) is 1.42. The number of hydrogen-bond acceptors (Lipinski definition) is 3. The lowest BCUT2D eigenvalue weighted by Gasteiger charge is -2.10. The Hall–Kier alpha value is -1.00. The number of rotatable bonds is 6. The third-order valence-electron chi connectivity index (χ3n) is 2.29. The minimum atomic E-state index is 0.0338. The number of nitrogens with one attached hydrogen (secondary N) is 1. The number of thioether (sulfide) groups is 1. The van der Waals surface area contributed by atoms with Crippen molar-refractivity contribution in [2.75, 3.05) is 11.1 Å². The van der Waals surface area contributed by atoms with Gasteiger partial charge >= 0.3 is 0 Å². The number of carbonyl (C=O) groups excluding carboxylic acids is 1. The molecule has 0 bridgehead atoms. The van der Waals surface area contributed by atoms with Crippen molar-refractivity contribution in [1.29, 1.82) is 0 Å². The highest BCUT2D eigenvalue weighted by Crippen LogP contribution is 2.26. The van der Waals surface area contributed by atoms with Crippen LogP contribution in [-0.2, 0) is 4.79 Å². The van der Waals surface area contributed by atoms with Gasteiger partial charge in [-0.05, 0) is 31.2 Å². The summed E-state index contributed by atoms with van der Waals surface area (Å²) >= 11 is 1.73. The maximum absolute atomic E-state index is 11.7. The molecule has 4 heteroatoms. The van der Waals surface area contributed by atoms with Gasteiger partial charge in [0.05, 0.1) is 5.69 Å².